The first-order valence-electron chi connectivity index (χ1n) is 8.86. The van der Waals surface area contributed by atoms with Crippen molar-refractivity contribution < 1.29 is 18.9 Å². The molecule has 1 heterocycles. The number of rotatable bonds is 6. The maximum atomic E-state index is 12.9. The topological polar surface area (TPSA) is 94.6 Å². The lowest BCUT2D eigenvalue weighted by Gasteiger charge is -2.08. The third kappa shape index (κ3) is 3.93. The average molecular weight is 388 g/mol. The number of benzene rings is 3. The van der Waals surface area contributed by atoms with Crippen LogP contribution in [0.5, 0.6) is 5.75 Å². The molecule has 0 aliphatic heterocycles. The molecule has 4 aromatic rings. The zero-order valence-corrected chi connectivity index (χ0v) is 15.2. The molecule has 0 saturated heterocycles. The number of amides is 1. The minimum atomic E-state index is -0.518. The zero-order chi connectivity index (χ0) is 20.2. The van der Waals surface area contributed by atoms with Crippen molar-refractivity contribution in [1.29, 1.82) is 0 Å². The molecule has 0 unspecified atom stereocenters. The van der Waals surface area contributed by atoms with Crippen LogP contribution in [-0.4, -0.2) is 10.8 Å². The monoisotopic (exact) mass is 388 g/mol. The molecule has 4 rings (SSSR count). The smallest absolute Gasteiger partial charge is 0.291 e. The minimum absolute atomic E-state index is 0.105. The van der Waals surface area contributed by atoms with Gasteiger partial charge in [-0.3, -0.25) is 14.9 Å². The van der Waals surface area contributed by atoms with E-state index in [9.17, 15) is 14.9 Å². The van der Waals surface area contributed by atoms with Gasteiger partial charge < -0.3 is 14.5 Å². The molecule has 7 heteroatoms. The summed E-state index contributed by atoms with van der Waals surface area (Å²) in [5.74, 6) is 0.268. The Balaban J connectivity index is 1.64. The predicted molar refractivity (Wildman–Crippen MR) is 108 cm³/mol. The number of para-hydroxylation sites is 2. The lowest BCUT2D eigenvalue weighted by molar-refractivity contribution is -0.384. The van der Waals surface area contributed by atoms with Crippen LogP contribution in [0, 0.1) is 10.1 Å². The van der Waals surface area contributed by atoms with Gasteiger partial charge in [-0.05, 0) is 24.3 Å². The fourth-order valence-electron chi connectivity index (χ4n) is 2.98. The van der Waals surface area contributed by atoms with E-state index in [0.717, 1.165) is 5.39 Å². The van der Waals surface area contributed by atoms with E-state index in [0.29, 0.717) is 22.6 Å². The van der Waals surface area contributed by atoms with E-state index in [1.165, 1.54) is 18.2 Å². The summed E-state index contributed by atoms with van der Waals surface area (Å²) in [6.45, 7) is 0.138. The summed E-state index contributed by atoms with van der Waals surface area (Å²) in [4.78, 5) is 23.3. The van der Waals surface area contributed by atoms with Crippen molar-refractivity contribution in [2.45, 2.75) is 6.61 Å². The van der Waals surface area contributed by atoms with Crippen LogP contribution >= 0.6 is 0 Å². The summed E-state index contributed by atoms with van der Waals surface area (Å²) >= 11 is 0. The molecule has 0 spiro atoms. The van der Waals surface area contributed by atoms with Crippen molar-refractivity contribution >= 4 is 28.3 Å². The Labute approximate surface area is 165 Å². The molecule has 144 valence electrons. The van der Waals surface area contributed by atoms with Gasteiger partial charge in [-0.2, -0.15) is 0 Å². The van der Waals surface area contributed by atoms with Crippen LogP contribution in [0.3, 0.4) is 0 Å². The Morgan fingerprint density at radius 2 is 1.76 bits per heavy atom. The van der Waals surface area contributed by atoms with Gasteiger partial charge in [-0.15, -0.1) is 0 Å². The quantitative estimate of drug-likeness (QED) is 0.363. The van der Waals surface area contributed by atoms with Gasteiger partial charge in [0, 0.05) is 28.8 Å². The molecule has 0 fully saturated rings. The highest BCUT2D eigenvalue weighted by atomic mass is 16.6. The molecule has 0 atom stereocenters. The van der Waals surface area contributed by atoms with E-state index in [1.54, 1.807) is 12.1 Å². The molecule has 0 saturated carbocycles. The molecule has 0 aliphatic carbocycles. The largest absolute Gasteiger partial charge is 0.489 e. The first-order chi connectivity index (χ1) is 14.1. The van der Waals surface area contributed by atoms with E-state index in [2.05, 4.69) is 5.32 Å². The van der Waals surface area contributed by atoms with Gasteiger partial charge in [-0.25, -0.2) is 0 Å². The highest BCUT2D eigenvalue weighted by molar-refractivity contribution is 6.06. The zero-order valence-electron chi connectivity index (χ0n) is 15.2. The van der Waals surface area contributed by atoms with Crippen molar-refractivity contribution in [1.82, 2.24) is 0 Å². The number of anilines is 1. The molecule has 3 aromatic carbocycles. The number of nitro groups is 1. The van der Waals surface area contributed by atoms with Crippen molar-refractivity contribution in [2.24, 2.45) is 0 Å². The molecular formula is C22H16N2O5. The second-order valence-corrected chi connectivity index (χ2v) is 6.27. The third-order valence-corrected chi connectivity index (χ3v) is 4.35. The van der Waals surface area contributed by atoms with Crippen LogP contribution in [0.4, 0.5) is 11.4 Å². The molecular weight excluding hydrogens is 372 g/mol. The maximum Gasteiger partial charge on any atom is 0.291 e. The number of ether oxygens (including phenoxy) is 1. The van der Waals surface area contributed by atoms with Gasteiger partial charge in [0.25, 0.3) is 11.6 Å². The average Bonchev–Trinajstić information content (AvgIpc) is 3.12. The molecule has 29 heavy (non-hydrogen) atoms. The van der Waals surface area contributed by atoms with E-state index in [4.69, 9.17) is 9.15 Å². The number of hydrogen-bond acceptors (Lipinski definition) is 5. The Morgan fingerprint density at radius 1 is 1.00 bits per heavy atom. The molecule has 1 aromatic heterocycles. The minimum Gasteiger partial charge on any atom is -0.489 e. The van der Waals surface area contributed by atoms with E-state index < -0.39 is 10.8 Å². The highest BCUT2D eigenvalue weighted by Gasteiger charge is 2.21. The van der Waals surface area contributed by atoms with Gasteiger partial charge in [0.1, 0.15) is 17.9 Å². The number of nitro benzene ring substituents is 1. The summed E-state index contributed by atoms with van der Waals surface area (Å²) in [5.41, 5.74) is 1.36. The fourth-order valence-corrected chi connectivity index (χ4v) is 2.98. The van der Waals surface area contributed by atoms with Crippen LogP contribution in [0.25, 0.3) is 11.0 Å². The van der Waals surface area contributed by atoms with Crippen molar-refractivity contribution in [3.63, 3.8) is 0 Å². The second kappa shape index (κ2) is 7.85. The Morgan fingerprint density at radius 3 is 2.55 bits per heavy atom. The lowest BCUT2D eigenvalue weighted by atomic mass is 10.1. The van der Waals surface area contributed by atoms with Crippen LogP contribution in [0.2, 0.25) is 0 Å². The summed E-state index contributed by atoms with van der Waals surface area (Å²) in [6, 6.07) is 22.3. The molecule has 1 N–H and O–H groups in total. The number of hydrogen-bond donors (Lipinski definition) is 1. The highest BCUT2D eigenvalue weighted by Crippen LogP contribution is 2.28. The third-order valence-electron chi connectivity index (χ3n) is 4.35. The standard InChI is InChI=1S/C22H16N2O5/c25-22(23-15-7-6-8-16(13-15)24(26)27)21-19(14-28-17-9-2-1-3-10-17)18-11-4-5-12-20(18)29-21/h1-13H,14H2,(H,23,25). The summed E-state index contributed by atoms with van der Waals surface area (Å²) in [7, 11) is 0. The van der Waals surface area contributed by atoms with Crippen LogP contribution in [0.15, 0.2) is 83.3 Å². The van der Waals surface area contributed by atoms with E-state index in [1.807, 2.05) is 48.5 Å². The number of furan rings is 1. The normalized spacial score (nSPS) is 10.6. The fraction of sp³-hybridized carbons (Fsp3) is 0.0455. The summed E-state index contributed by atoms with van der Waals surface area (Å²) < 4.78 is 11.6. The number of non-ortho nitro benzene ring substituents is 1. The first-order valence-corrected chi connectivity index (χ1v) is 8.86. The first kappa shape index (κ1) is 18.2. The number of nitrogens with one attached hydrogen (secondary N) is 1. The SMILES string of the molecule is O=C(Nc1cccc([N+](=O)[O-])c1)c1oc2ccccc2c1COc1ccccc1. The van der Waals surface area contributed by atoms with Crippen LogP contribution < -0.4 is 10.1 Å². The number of carbonyl (C=O) groups is 1. The Bertz CT molecular complexity index is 1180. The molecule has 7 nitrogen and oxygen atoms in total. The second-order valence-electron chi connectivity index (χ2n) is 6.27. The van der Waals surface area contributed by atoms with Gasteiger partial charge in [0.2, 0.25) is 0 Å². The molecule has 1 amide bonds. The predicted octanol–water partition coefficient (Wildman–Crippen LogP) is 5.17. The van der Waals surface area contributed by atoms with Gasteiger partial charge in [0.15, 0.2) is 5.76 Å². The Hall–Kier alpha value is -4.13. The van der Waals surface area contributed by atoms with Crippen LogP contribution in [0.1, 0.15) is 16.1 Å². The van der Waals surface area contributed by atoms with Crippen molar-refractivity contribution in [3.05, 3.63) is 100 Å². The van der Waals surface area contributed by atoms with Crippen LogP contribution in [-0.2, 0) is 6.61 Å². The Kier molecular flexibility index (Phi) is 4.94. The van der Waals surface area contributed by atoms with Gasteiger partial charge in [-0.1, -0.05) is 42.5 Å². The molecule has 0 radical (unpaired) electrons. The molecule has 0 bridgehead atoms. The van der Waals surface area contributed by atoms with Gasteiger partial charge >= 0.3 is 0 Å². The van der Waals surface area contributed by atoms with Crippen molar-refractivity contribution in [2.75, 3.05) is 5.32 Å². The van der Waals surface area contributed by atoms with E-state index >= 15 is 0 Å². The van der Waals surface area contributed by atoms with Gasteiger partial charge in [0.05, 0.1) is 4.92 Å². The summed E-state index contributed by atoms with van der Waals surface area (Å²) in [6.07, 6.45) is 0. The van der Waals surface area contributed by atoms with Crippen molar-refractivity contribution in [3.8, 4) is 5.75 Å². The maximum absolute atomic E-state index is 12.9. The lowest BCUT2D eigenvalue weighted by Crippen LogP contribution is -2.14. The summed E-state index contributed by atoms with van der Waals surface area (Å²) in [5, 5.41) is 14.4. The number of nitrogens with zero attached hydrogens (tertiary/aromatic N) is 1. The number of carbonyl (C=O) groups excluding carboxylic acids is 1. The number of fused-ring (bicyclic) bond motifs is 1. The molecule has 0 aliphatic rings. The van der Waals surface area contributed by atoms with E-state index in [-0.39, 0.29) is 18.1 Å².